The predicted molar refractivity (Wildman–Crippen MR) is 79.0 cm³/mol. The second kappa shape index (κ2) is 5.96. The lowest BCUT2D eigenvalue weighted by atomic mass is 9.85. The average Bonchev–Trinajstić information content (AvgIpc) is 2.33. The molecule has 0 amide bonds. The lowest BCUT2D eigenvalue weighted by Crippen LogP contribution is -2.33. The van der Waals surface area contributed by atoms with Crippen LogP contribution in [-0.2, 0) is 0 Å². The van der Waals surface area contributed by atoms with Gasteiger partial charge < -0.3 is 5.32 Å². The zero-order valence-corrected chi connectivity index (χ0v) is 13.2. The molecule has 0 saturated heterocycles. The van der Waals surface area contributed by atoms with E-state index >= 15 is 0 Å². The van der Waals surface area contributed by atoms with Crippen LogP contribution in [0.4, 0.5) is 18.9 Å². The van der Waals surface area contributed by atoms with Crippen molar-refractivity contribution in [1.29, 1.82) is 0 Å². The van der Waals surface area contributed by atoms with Crippen LogP contribution in [0.1, 0.15) is 36.8 Å². The summed E-state index contributed by atoms with van der Waals surface area (Å²) in [7, 11) is 0. The van der Waals surface area contributed by atoms with E-state index in [0.717, 1.165) is 21.3 Å². The number of alkyl halides is 3. The van der Waals surface area contributed by atoms with Crippen molar-refractivity contribution >= 4 is 21.6 Å². The second-order valence-corrected chi connectivity index (χ2v) is 6.56. The normalized spacial score (nSPS) is 23.7. The van der Waals surface area contributed by atoms with E-state index in [2.05, 4.69) is 21.2 Å². The highest BCUT2D eigenvalue weighted by Crippen LogP contribution is 2.38. The summed E-state index contributed by atoms with van der Waals surface area (Å²) in [4.78, 5) is 0. The summed E-state index contributed by atoms with van der Waals surface area (Å²) < 4.78 is 39.0. The van der Waals surface area contributed by atoms with E-state index in [9.17, 15) is 13.2 Å². The van der Waals surface area contributed by atoms with Gasteiger partial charge in [-0.1, -0.05) is 15.9 Å². The molecule has 2 rings (SSSR count). The fourth-order valence-electron chi connectivity index (χ4n) is 2.91. The van der Waals surface area contributed by atoms with E-state index < -0.39 is 12.1 Å². The summed E-state index contributed by atoms with van der Waals surface area (Å²) in [5, 5.41) is 3.43. The molecular formula is C15H19BrF3N. The highest BCUT2D eigenvalue weighted by molar-refractivity contribution is 9.10. The zero-order valence-electron chi connectivity index (χ0n) is 11.6. The Morgan fingerprint density at radius 2 is 1.55 bits per heavy atom. The number of benzene rings is 1. The van der Waals surface area contributed by atoms with Crippen molar-refractivity contribution < 1.29 is 13.2 Å². The quantitative estimate of drug-likeness (QED) is 0.732. The maximum Gasteiger partial charge on any atom is 0.391 e. The summed E-state index contributed by atoms with van der Waals surface area (Å²) >= 11 is 3.45. The molecule has 0 aromatic heterocycles. The summed E-state index contributed by atoms with van der Waals surface area (Å²) in [6.45, 7) is 4.03. The molecule has 0 bridgehead atoms. The molecule has 1 nitrogen and oxygen atoms in total. The van der Waals surface area contributed by atoms with Gasteiger partial charge in [0.25, 0.3) is 0 Å². The Kier molecular flexibility index (Phi) is 4.67. The summed E-state index contributed by atoms with van der Waals surface area (Å²) in [5.41, 5.74) is 3.30. The van der Waals surface area contributed by atoms with Gasteiger partial charge in [0.05, 0.1) is 5.92 Å². The highest BCUT2D eigenvalue weighted by atomic mass is 79.9. The van der Waals surface area contributed by atoms with Crippen molar-refractivity contribution in [2.75, 3.05) is 5.32 Å². The number of rotatable bonds is 2. The van der Waals surface area contributed by atoms with Crippen molar-refractivity contribution in [2.45, 2.75) is 51.7 Å². The molecule has 0 radical (unpaired) electrons. The monoisotopic (exact) mass is 349 g/mol. The third kappa shape index (κ3) is 3.68. The molecule has 0 spiro atoms. The second-order valence-electron chi connectivity index (χ2n) is 5.65. The number of nitrogens with one attached hydrogen (secondary N) is 1. The predicted octanol–water partition coefficient (Wildman–Crippen LogP) is 5.60. The van der Waals surface area contributed by atoms with Crippen molar-refractivity contribution in [2.24, 2.45) is 5.92 Å². The van der Waals surface area contributed by atoms with Gasteiger partial charge in [0.1, 0.15) is 0 Å². The Morgan fingerprint density at radius 3 is 2.00 bits per heavy atom. The molecule has 0 unspecified atom stereocenters. The van der Waals surface area contributed by atoms with E-state index in [1.54, 1.807) is 0 Å². The molecule has 0 heterocycles. The van der Waals surface area contributed by atoms with Crippen molar-refractivity contribution in [3.63, 3.8) is 0 Å². The third-order valence-corrected chi connectivity index (χ3v) is 4.49. The molecule has 5 heteroatoms. The van der Waals surface area contributed by atoms with Crippen LogP contribution in [0.3, 0.4) is 0 Å². The molecule has 112 valence electrons. The molecule has 0 atom stereocenters. The Balaban J connectivity index is 2.00. The van der Waals surface area contributed by atoms with Crippen molar-refractivity contribution in [3.8, 4) is 0 Å². The van der Waals surface area contributed by atoms with Crippen LogP contribution in [0.5, 0.6) is 0 Å². The molecule has 1 N–H and O–H groups in total. The molecule has 1 aliphatic rings. The first-order chi connectivity index (χ1) is 9.27. The summed E-state index contributed by atoms with van der Waals surface area (Å²) in [6, 6.07) is 4.19. The maximum absolute atomic E-state index is 12.6. The van der Waals surface area contributed by atoms with Crippen LogP contribution in [0.2, 0.25) is 0 Å². The lowest BCUT2D eigenvalue weighted by Gasteiger charge is -2.31. The molecule has 1 fully saturated rings. The zero-order chi connectivity index (χ0) is 14.9. The minimum absolute atomic E-state index is 0.146. The Bertz CT molecular complexity index is 453. The fourth-order valence-corrected chi connectivity index (χ4v) is 3.59. The van der Waals surface area contributed by atoms with Gasteiger partial charge in [-0.2, -0.15) is 13.2 Å². The topological polar surface area (TPSA) is 12.0 Å². The smallest absolute Gasteiger partial charge is 0.382 e. The molecular weight excluding hydrogens is 331 g/mol. The first kappa shape index (κ1) is 15.7. The Hall–Kier alpha value is -0.710. The van der Waals surface area contributed by atoms with Gasteiger partial charge in [-0.15, -0.1) is 0 Å². The third-order valence-electron chi connectivity index (χ3n) is 4.04. The minimum Gasteiger partial charge on any atom is -0.382 e. The van der Waals surface area contributed by atoms with E-state index in [1.807, 2.05) is 26.0 Å². The molecule has 1 aromatic carbocycles. The van der Waals surface area contributed by atoms with Crippen LogP contribution < -0.4 is 5.32 Å². The Morgan fingerprint density at radius 1 is 1.05 bits per heavy atom. The number of halogens is 4. The van der Waals surface area contributed by atoms with E-state index in [-0.39, 0.29) is 18.9 Å². The van der Waals surface area contributed by atoms with Crippen LogP contribution >= 0.6 is 15.9 Å². The molecule has 1 saturated carbocycles. The summed E-state index contributed by atoms with van der Waals surface area (Å²) in [6.07, 6.45) is -2.40. The lowest BCUT2D eigenvalue weighted by molar-refractivity contribution is -0.182. The molecule has 1 aromatic rings. The van der Waals surface area contributed by atoms with Gasteiger partial charge in [-0.3, -0.25) is 0 Å². The van der Waals surface area contributed by atoms with E-state index in [4.69, 9.17) is 0 Å². The van der Waals surface area contributed by atoms with Gasteiger partial charge >= 0.3 is 6.18 Å². The number of aryl methyl sites for hydroxylation is 2. The van der Waals surface area contributed by atoms with Crippen molar-refractivity contribution in [3.05, 3.63) is 27.7 Å². The Labute approximate surface area is 126 Å². The van der Waals surface area contributed by atoms with Crippen LogP contribution in [0.15, 0.2) is 16.6 Å². The van der Waals surface area contributed by atoms with Gasteiger partial charge in [0.2, 0.25) is 0 Å². The van der Waals surface area contributed by atoms with Gasteiger partial charge in [-0.05, 0) is 62.8 Å². The molecule has 20 heavy (non-hydrogen) atoms. The van der Waals surface area contributed by atoms with E-state index in [1.165, 1.54) is 0 Å². The first-order valence-corrected chi connectivity index (χ1v) is 7.66. The van der Waals surface area contributed by atoms with Gasteiger partial charge in [0.15, 0.2) is 0 Å². The standard InChI is InChI=1S/C15H19BrF3N/c1-9-7-12(16)8-10(2)14(9)20-13-5-3-11(4-6-13)15(17,18)19/h7-8,11,13,20H,3-6H2,1-2H3. The first-order valence-electron chi connectivity index (χ1n) is 6.87. The number of hydrogen-bond acceptors (Lipinski definition) is 1. The SMILES string of the molecule is Cc1cc(Br)cc(C)c1NC1CCC(C(F)(F)F)CC1. The number of hydrogen-bond donors (Lipinski definition) is 1. The molecule has 1 aliphatic carbocycles. The largest absolute Gasteiger partial charge is 0.391 e. The van der Waals surface area contributed by atoms with E-state index in [0.29, 0.717) is 12.8 Å². The van der Waals surface area contributed by atoms with Gasteiger partial charge in [-0.25, -0.2) is 0 Å². The minimum atomic E-state index is -4.03. The average molecular weight is 350 g/mol. The maximum atomic E-state index is 12.6. The number of anilines is 1. The van der Waals surface area contributed by atoms with Gasteiger partial charge in [0, 0.05) is 16.2 Å². The molecule has 0 aliphatic heterocycles. The van der Waals surface area contributed by atoms with Crippen molar-refractivity contribution in [1.82, 2.24) is 0 Å². The summed E-state index contributed by atoms with van der Waals surface area (Å²) in [5.74, 6) is -1.12. The fraction of sp³-hybridized carbons (Fsp3) is 0.600. The van der Waals surface area contributed by atoms with Crippen LogP contribution in [0.25, 0.3) is 0 Å². The highest BCUT2D eigenvalue weighted by Gasteiger charge is 2.41. The van der Waals surface area contributed by atoms with Crippen LogP contribution in [-0.4, -0.2) is 12.2 Å². The van der Waals surface area contributed by atoms with Crippen LogP contribution in [0, 0.1) is 19.8 Å².